The Kier molecular flexibility index (Phi) is 3.88. The summed E-state index contributed by atoms with van der Waals surface area (Å²) in [6, 6.07) is 0. The van der Waals surface area contributed by atoms with Crippen molar-refractivity contribution in [3.05, 3.63) is 0 Å². The molecule has 1 rings (SSSR count). The average molecular weight is 202 g/mol. The van der Waals surface area contributed by atoms with E-state index in [4.69, 9.17) is 14.2 Å². The summed E-state index contributed by atoms with van der Waals surface area (Å²) in [6.07, 6.45) is 0.285. The summed E-state index contributed by atoms with van der Waals surface area (Å²) in [4.78, 5) is 21.3. The van der Waals surface area contributed by atoms with E-state index in [0.717, 1.165) is 0 Å². The van der Waals surface area contributed by atoms with Crippen LogP contribution in [0.25, 0.3) is 0 Å². The molecule has 14 heavy (non-hydrogen) atoms. The van der Waals surface area contributed by atoms with Gasteiger partial charge in [-0.3, -0.25) is 9.59 Å². The van der Waals surface area contributed by atoms with Gasteiger partial charge in [-0.2, -0.15) is 0 Å². The van der Waals surface area contributed by atoms with Gasteiger partial charge in [0.15, 0.2) is 0 Å². The van der Waals surface area contributed by atoms with Gasteiger partial charge in [-0.15, -0.1) is 0 Å². The van der Waals surface area contributed by atoms with Crippen LogP contribution in [-0.4, -0.2) is 30.9 Å². The molecule has 1 heterocycles. The van der Waals surface area contributed by atoms with Crippen molar-refractivity contribution < 1.29 is 23.8 Å². The maximum absolute atomic E-state index is 10.7. The number of carbonyl (C=O) groups excluding carboxylic acids is 2. The van der Waals surface area contributed by atoms with Crippen LogP contribution < -0.4 is 0 Å². The van der Waals surface area contributed by atoms with Crippen LogP contribution in [0, 0.1) is 0 Å². The Morgan fingerprint density at radius 1 is 1.21 bits per heavy atom. The van der Waals surface area contributed by atoms with E-state index in [1.54, 1.807) is 0 Å². The third kappa shape index (κ3) is 3.74. The number of carbonyl (C=O) groups is 2. The fourth-order valence-corrected chi connectivity index (χ4v) is 1.34. The zero-order valence-corrected chi connectivity index (χ0v) is 8.32. The Morgan fingerprint density at radius 3 is 2.43 bits per heavy atom. The first-order valence-electron chi connectivity index (χ1n) is 4.54. The third-order valence-corrected chi connectivity index (χ3v) is 1.83. The molecule has 0 aromatic heterocycles. The normalized spacial score (nSPS) is 26.7. The lowest BCUT2D eigenvalue weighted by Gasteiger charge is -2.28. The molecule has 1 fully saturated rings. The second-order valence-electron chi connectivity index (χ2n) is 3.17. The molecule has 0 aromatic rings. The van der Waals surface area contributed by atoms with Crippen LogP contribution in [0.15, 0.2) is 0 Å². The van der Waals surface area contributed by atoms with Gasteiger partial charge in [0.1, 0.15) is 6.10 Å². The Labute approximate surface area is 82.3 Å². The summed E-state index contributed by atoms with van der Waals surface area (Å²) in [6.45, 7) is 3.12. The molecule has 0 spiro atoms. The highest BCUT2D eigenvalue weighted by atomic mass is 16.7. The molecule has 0 aliphatic carbocycles. The van der Waals surface area contributed by atoms with Crippen LogP contribution in [0.1, 0.15) is 26.7 Å². The molecule has 0 radical (unpaired) electrons. The highest BCUT2D eigenvalue weighted by molar-refractivity contribution is 5.66. The van der Waals surface area contributed by atoms with E-state index >= 15 is 0 Å². The van der Waals surface area contributed by atoms with Crippen molar-refractivity contribution in [3.63, 3.8) is 0 Å². The lowest BCUT2D eigenvalue weighted by Crippen LogP contribution is -2.34. The third-order valence-electron chi connectivity index (χ3n) is 1.83. The van der Waals surface area contributed by atoms with Gasteiger partial charge in [0, 0.05) is 26.7 Å². The molecule has 0 saturated carbocycles. The molecule has 0 aromatic carbocycles. The van der Waals surface area contributed by atoms with Gasteiger partial charge in [0.25, 0.3) is 0 Å². The summed E-state index contributed by atoms with van der Waals surface area (Å²) in [5, 5.41) is 0. The van der Waals surface area contributed by atoms with E-state index in [1.165, 1.54) is 13.8 Å². The Morgan fingerprint density at radius 2 is 1.86 bits per heavy atom. The standard InChI is InChI=1S/C9H14O5/c1-6(10)13-8-3-4-12-9(5-8)14-7(2)11/h8-9H,3-5H2,1-2H3. The molecule has 2 atom stereocenters. The van der Waals surface area contributed by atoms with Crippen LogP contribution in [0.2, 0.25) is 0 Å². The zero-order valence-electron chi connectivity index (χ0n) is 8.32. The second-order valence-corrected chi connectivity index (χ2v) is 3.17. The smallest absolute Gasteiger partial charge is 0.304 e. The molecule has 1 aliphatic heterocycles. The summed E-state index contributed by atoms with van der Waals surface area (Å²) < 4.78 is 15.0. The van der Waals surface area contributed by atoms with Gasteiger partial charge >= 0.3 is 11.9 Å². The van der Waals surface area contributed by atoms with Gasteiger partial charge in [-0.25, -0.2) is 0 Å². The molecular formula is C9H14O5. The summed E-state index contributed by atoms with van der Waals surface area (Å²) in [5.74, 6) is -0.711. The van der Waals surface area contributed by atoms with Crippen LogP contribution in [0.5, 0.6) is 0 Å². The van der Waals surface area contributed by atoms with Crippen LogP contribution in [-0.2, 0) is 23.8 Å². The minimum atomic E-state index is -0.578. The molecule has 0 bridgehead atoms. The number of esters is 2. The maximum Gasteiger partial charge on any atom is 0.304 e. The minimum absolute atomic E-state index is 0.203. The topological polar surface area (TPSA) is 61.8 Å². The number of rotatable bonds is 2. The fourth-order valence-electron chi connectivity index (χ4n) is 1.34. The average Bonchev–Trinajstić information content (AvgIpc) is 2.01. The molecule has 2 unspecified atom stereocenters. The monoisotopic (exact) mass is 202 g/mol. The van der Waals surface area contributed by atoms with Crippen LogP contribution in [0.3, 0.4) is 0 Å². The van der Waals surface area contributed by atoms with E-state index in [1.807, 2.05) is 0 Å². The maximum atomic E-state index is 10.7. The minimum Gasteiger partial charge on any atom is -0.462 e. The van der Waals surface area contributed by atoms with Gasteiger partial charge in [-0.1, -0.05) is 0 Å². The van der Waals surface area contributed by atoms with Crippen molar-refractivity contribution in [1.29, 1.82) is 0 Å². The largest absolute Gasteiger partial charge is 0.462 e. The van der Waals surface area contributed by atoms with Crippen molar-refractivity contribution in [3.8, 4) is 0 Å². The van der Waals surface area contributed by atoms with Gasteiger partial charge < -0.3 is 14.2 Å². The van der Waals surface area contributed by atoms with Crippen LogP contribution >= 0.6 is 0 Å². The van der Waals surface area contributed by atoms with Crippen molar-refractivity contribution in [1.82, 2.24) is 0 Å². The van der Waals surface area contributed by atoms with Gasteiger partial charge in [0.2, 0.25) is 6.29 Å². The lowest BCUT2D eigenvalue weighted by atomic mass is 10.1. The second kappa shape index (κ2) is 4.95. The Hall–Kier alpha value is -1.10. The van der Waals surface area contributed by atoms with Crippen molar-refractivity contribution in [2.24, 2.45) is 0 Å². The molecule has 0 N–H and O–H groups in total. The predicted octanol–water partition coefficient (Wildman–Crippen LogP) is 0.618. The molecular weight excluding hydrogens is 188 g/mol. The van der Waals surface area contributed by atoms with E-state index < -0.39 is 12.3 Å². The van der Waals surface area contributed by atoms with Crippen molar-refractivity contribution in [2.45, 2.75) is 39.1 Å². The highest BCUT2D eigenvalue weighted by Crippen LogP contribution is 2.17. The van der Waals surface area contributed by atoms with Crippen molar-refractivity contribution >= 4 is 11.9 Å². The summed E-state index contributed by atoms with van der Waals surface area (Å²) >= 11 is 0. The van der Waals surface area contributed by atoms with Gasteiger partial charge in [0.05, 0.1) is 6.61 Å². The van der Waals surface area contributed by atoms with Crippen LogP contribution in [0.4, 0.5) is 0 Å². The molecule has 5 heteroatoms. The van der Waals surface area contributed by atoms with E-state index in [9.17, 15) is 9.59 Å². The zero-order chi connectivity index (χ0) is 10.6. The Bertz CT molecular complexity index is 203. The molecule has 1 saturated heterocycles. The molecule has 1 aliphatic rings. The summed E-state index contributed by atoms with van der Waals surface area (Å²) in [5.41, 5.74) is 0. The van der Waals surface area contributed by atoms with Crippen molar-refractivity contribution in [2.75, 3.05) is 6.61 Å². The lowest BCUT2D eigenvalue weighted by molar-refractivity contribution is -0.199. The Balaban J connectivity index is 2.35. The number of hydrogen-bond acceptors (Lipinski definition) is 5. The molecule has 5 nitrogen and oxygen atoms in total. The number of hydrogen-bond donors (Lipinski definition) is 0. The first-order valence-corrected chi connectivity index (χ1v) is 4.54. The number of ether oxygens (including phenoxy) is 3. The van der Waals surface area contributed by atoms with E-state index in [0.29, 0.717) is 19.4 Å². The first-order chi connectivity index (χ1) is 6.58. The molecule has 80 valence electrons. The predicted molar refractivity (Wildman–Crippen MR) is 46.3 cm³/mol. The summed E-state index contributed by atoms with van der Waals surface area (Å²) in [7, 11) is 0. The molecule has 0 amide bonds. The highest BCUT2D eigenvalue weighted by Gasteiger charge is 2.26. The first kappa shape index (κ1) is 11.0. The quantitative estimate of drug-likeness (QED) is 0.614. The van der Waals surface area contributed by atoms with E-state index in [2.05, 4.69) is 0 Å². The van der Waals surface area contributed by atoms with E-state index in [-0.39, 0.29) is 12.1 Å². The fraction of sp³-hybridized carbons (Fsp3) is 0.778. The SMILES string of the molecule is CC(=O)OC1CCOC(OC(C)=O)C1. The van der Waals surface area contributed by atoms with Gasteiger partial charge in [-0.05, 0) is 0 Å².